The maximum Gasteiger partial charge on any atom is 0.251 e. The van der Waals surface area contributed by atoms with Crippen LogP contribution in [-0.4, -0.2) is 17.4 Å². The van der Waals surface area contributed by atoms with E-state index in [4.69, 9.17) is 11.6 Å². The normalized spacial score (nSPS) is 10.4. The third-order valence-corrected chi connectivity index (χ3v) is 4.61. The Morgan fingerprint density at radius 3 is 2.63 bits per heavy atom. The summed E-state index contributed by atoms with van der Waals surface area (Å²) in [5.74, 6) is 0.578. The summed E-state index contributed by atoms with van der Waals surface area (Å²) in [6.07, 6.45) is 2.50. The topological polar surface area (TPSA) is 54.0 Å². The van der Waals surface area contributed by atoms with Crippen LogP contribution in [0.4, 0.5) is 5.82 Å². The van der Waals surface area contributed by atoms with Crippen molar-refractivity contribution in [2.45, 2.75) is 19.9 Å². The Balaban J connectivity index is 1.53. The first kappa shape index (κ1) is 18.9. The minimum atomic E-state index is -0.110. The van der Waals surface area contributed by atoms with Crippen molar-refractivity contribution in [3.63, 3.8) is 0 Å². The summed E-state index contributed by atoms with van der Waals surface area (Å²) in [4.78, 5) is 16.7. The van der Waals surface area contributed by atoms with E-state index in [0.717, 1.165) is 29.1 Å². The Hall–Kier alpha value is -2.85. The standard InChI is InChI=1S/C22H22ClN3O/c1-16-4-2-3-5-19(16)15-26-22(27)18-11-13-25-21(14-18)24-12-10-17-6-8-20(23)9-7-17/h2-9,11,13-14H,10,12,15H2,1H3,(H,24,25)(H,26,27). The number of carbonyl (C=O) groups is 1. The van der Waals surface area contributed by atoms with Crippen molar-refractivity contribution >= 4 is 23.3 Å². The highest BCUT2D eigenvalue weighted by Crippen LogP contribution is 2.12. The van der Waals surface area contributed by atoms with Gasteiger partial charge in [-0.15, -0.1) is 0 Å². The number of hydrogen-bond acceptors (Lipinski definition) is 3. The second-order valence-corrected chi connectivity index (χ2v) is 6.78. The van der Waals surface area contributed by atoms with Crippen LogP contribution in [0.15, 0.2) is 66.9 Å². The van der Waals surface area contributed by atoms with E-state index in [1.165, 1.54) is 5.56 Å². The first-order valence-electron chi connectivity index (χ1n) is 8.89. The summed E-state index contributed by atoms with van der Waals surface area (Å²) < 4.78 is 0. The number of pyridine rings is 1. The first-order valence-corrected chi connectivity index (χ1v) is 9.27. The molecule has 2 aromatic carbocycles. The summed E-state index contributed by atoms with van der Waals surface area (Å²) in [5.41, 5.74) is 4.06. The van der Waals surface area contributed by atoms with E-state index in [9.17, 15) is 4.79 Å². The maximum absolute atomic E-state index is 12.4. The lowest BCUT2D eigenvalue weighted by Crippen LogP contribution is -2.23. The fourth-order valence-electron chi connectivity index (χ4n) is 2.74. The molecule has 0 fully saturated rings. The van der Waals surface area contributed by atoms with Gasteiger partial charge in [-0.1, -0.05) is 48.0 Å². The minimum Gasteiger partial charge on any atom is -0.370 e. The van der Waals surface area contributed by atoms with Crippen molar-refractivity contribution in [3.05, 3.63) is 94.1 Å². The van der Waals surface area contributed by atoms with Gasteiger partial charge in [-0.25, -0.2) is 4.98 Å². The van der Waals surface area contributed by atoms with Crippen molar-refractivity contribution in [2.24, 2.45) is 0 Å². The van der Waals surface area contributed by atoms with Gasteiger partial charge >= 0.3 is 0 Å². The summed E-state index contributed by atoms with van der Waals surface area (Å²) >= 11 is 5.90. The fraction of sp³-hybridized carbons (Fsp3) is 0.182. The number of rotatable bonds is 7. The fourth-order valence-corrected chi connectivity index (χ4v) is 2.87. The number of halogens is 1. The number of benzene rings is 2. The van der Waals surface area contributed by atoms with Crippen molar-refractivity contribution in [2.75, 3.05) is 11.9 Å². The number of carbonyl (C=O) groups excluding carboxylic acids is 1. The van der Waals surface area contributed by atoms with E-state index < -0.39 is 0 Å². The molecule has 0 saturated heterocycles. The Labute approximate surface area is 164 Å². The van der Waals surface area contributed by atoms with Gasteiger partial charge in [0, 0.05) is 29.9 Å². The zero-order valence-corrected chi connectivity index (χ0v) is 16.0. The number of anilines is 1. The highest BCUT2D eigenvalue weighted by molar-refractivity contribution is 6.30. The molecule has 0 radical (unpaired) electrons. The van der Waals surface area contributed by atoms with E-state index in [0.29, 0.717) is 17.9 Å². The number of hydrogen-bond donors (Lipinski definition) is 2. The van der Waals surface area contributed by atoms with Crippen molar-refractivity contribution in [3.8, 4) is 0 Å². The molecule has 0 aliphatic carbocycles. The Kier molecular flexibility index (Phi) is 6.44. The summed E-state index contributed by atoms with van der Waals surface area (Å²) in [6.45, 7) is 3.27. The van der Waals surface area contributed by atoms with E-state index in [1.807, 2.05) is 55.5 Å². The average molecular weight is 380 g/mol. The molecule has 0 unspecified atom stereocenters. The number of amides is 1. The SMILES string of the molecule is Cc1ccccc1CNC(=O)c1ccnc(NCCc2ccc(Cl)cc2)c1. The van der Waals surface area contributed by atoms with Crippen LogP contribution in [0.5, 0.6) is 0 Å². The van der Waals surface area contributed by atoms with Gasteiger partial charge < -0.3 is 10.6 Å². The molecule has 0 saturated carbocycles. The largest absolute Gasteiger partial charge is 0.370 e. The highest BCUT2D eigenvalue weighted by Gasteiger charge is 2.07. The van der Waals surface area contributed by atoms with Crippen molar-refractivity contribution in [1.82, 2.24) is 10.3 Å². The molecule has 0 bridgehead atoms. The van der Waals surface area contributed by atoms with Crippen LogP contribution in [0, 0.1) is 6.92 Å². The summed E-state index contributed by atoms with van der Waals surface area (Å²) in [6, 6.07) is 19.3. The molecular formula is C22H22ClN3O. The van der Waals surface area contributed by atoms with Crippen LogP contribution < -0.4 is 10.6 Å². The lowest BCUT2D eigenvalue weighted by Gasteiger charge is -2.10. The summed E-state index contributed by atoms with van der Waals surface area (Å²) in [5, 5.41) is 6.96. The number of aromatic nitrogens is 1. The molecule has 1 heterocycles. The molecule has 0 atom stereocenters. The molecule has 0 spiro atoms. The van der Waals surface area contributed by atoms with Gasteiger partial charge in [0.25, 0.3) is 5.91 Å². The molecular weight excluding hydrogens is 358 g/mol. The third-order valence-electron chi connectivity index (χ3n) is 4.36. The van der Waals surface area contributed by atoms with Crippen LogP contribution in [0.3, 0.4) is 0 Å². The maximum atomic E-state index is 12.4. The summed E-state index contributed by atoms with van der Waals surface area (Å²) in [7, 11) is 0. The Bertz CT molecular complexity index is 909. The van der Waals surface area contributed by atoms with Gasteiger partial charge in [-0.05, 0) is 54.3 Å². The van der Waals surface area contributed by atoms with E-state index in [-0.39, 0.29) is 5.91 Å². The Morgan fingerprint density at radius 2 is 1.85 bits per heavy atom. The molecule has 0 aliphatic rings. The molecule has 1 aromatic heterocycles. The quantitative estimate of drug-likeness (QED) is 0.629. The lowest BCUT2D eigenvalue weighted by atomic mass is 10.1. The minimum absolute atomic E-state index is 0.110. The zero-order chi connectivity index (χ0) is 19.1. The molecule has 4 nitrogen and oxygen atoms in total. The molecule has 1 amide bonds. The van der Waals surface area contributed by atoms with Crippen LogP contribution in [0.1, 0.15) is 27.0 Å². The predicted molar refractivity (Wildman–Crippen MR) is 110 cm³/mol. The van der Waals surface area contributed by atoms with Crippen LogP contribution in [-0.2, 0) is 13.0 Å². The highest BCUT2D eigenvalue weighted by atomic mass is 35.5. The lowest BCUT2D eigenvalue weighted by molar-refractivity contribution is 0.0951. The van der Waals surface area contributed by atoms with Crippen molar-refractivity contribution < 1.29 is 4.79 Å². The van der Waals surface area contributed by atoms with Gasteiger partial charge in [-0.2, -0.15) is 0 Å². The Morgan fingerprint density at radius 1 is 1.07 bits per heavy atom. The van der Waals surface area contributed by atoms with Gasteiger partial charge in [0.05, 0.1) is 0 Å². The van der Waals surface area contributed by atoms with Crippen LogP contribution in [0.2, 0.25) is 5.02 Å². The smallest absolute Gasteiger partial charge is 0.251 e. The van der Waals surface area contributed by atoms with E-state index in [2.05, 4.69) is 15.6 Å². The molecule has 27 heavy (non-hydrogen) atoms. The molecule has 0 aliphatic heterocycles. The van der Waals surface area contributed by atoms with Gasteiger partial charge in [0.2, 0.25) is 0 Å². The predicted octanol–water partition coefficient (Wildman–Crippen LogP) is 4.63. The number of nitrogens with one attached hydrogen (secondary N) is 2. The second-order valence-electron chi connectivity index (χ2n) is 6.34. The van der Waals surface area contributed by atoms with Crippen LogP contribution in [0.25, 0.3) is 0 Å². The zero-order valence-electron chi connectivity index (χ0n) is 15.2. The monoisotopic (exact) mass is 379 g/mol. The van der Waals surface area contributed by atoms with E-state index >= 15 is 0 Å². The molecule has 2 N–H and O–H groups in total. The van der Waals surface area contributed by atoms with Gasteiger partial charge in [0.15, 0.2) is 0 Å². The molecule has 138 valence electrons. The average Bonchev–Trinajstić information content (AvgIpc) is 2.69. The van der Waals surface area contributed by atoms with Crippen molar-refractivity contribution in [1.29, 1.82) is 0 Å². The van der Waals surface area contributed by atoms with Crippen LogP contribution >= 0.6 is 11.6 Å². The molecule has 5 heteroatoms. The number of nitrogens with zero attached hydrogens (tertiary/aromatic N) is 1. The van der Waals surface area contributed by atoms with Gasteiger partial charge in [-0.3, -0.25) is 4.79 Å². The number of aryl methyl sites for hydroxylation is 1. The van der Waals surface area contributed by atoms with Gasteiger partial charge in [0.1, 0.15) is 5.82 Å². The third kappa shape index (κ3) is 5.56. The van der Waals surface area contributed by atoms with E-state index in [1.54, 1.807) is 18.3 Å². The molecule has 3 rings (SSSR count). The first-order chi connectivity index (χ1) is 13.1. The molecule has 3 aromatic rings. The second kappa shape index (κ2) is 9.19.